The molecule has 2 aromatic rings. The maximum absolute atomic E-state index is 12.9. The Kier molecular flexibility index (Phi) is 5.48. The largest absolute Gasteiger partial charge is 0.473 e. The van der Waals surface area contributed by atoms with Crippen LogP contribution in [-0.4, -0.2) is 55.0 Å². The van der Waals surface area contributed by atoms with Gasteiger partial charge in [-0.2, -0.15) is 4.31 Å². The van der Waals surface area contributed by atoms with E-state index in [0.29, 0.717) is 24.4 Å². The normalized spacial score (nSPS) is 18.3. The predicted molar refractivity (Wildman–Crippen MR) is 92.2 cm³/mol. The molecular formula is C17H19N3O5S. The van der Waals surface area contributed by atoms with Crippen LogP contribution in [0.3, 0.4) is 0 Å². The highest BCUT2D eigenvalue weighted by Gasteiger charge is 2.31. The van der Waals surface area contributed by atoms with E-state index in [1.165, 1.54) is 42.0 Å². The number of esters is 1. The average molecular weight is 377 g/mol. The molecule has 1 aliphatic rings. The number of piperidine rings is 1. The number of methoxy groups -OCH3 is 1. The Balaban J connectivity index is 1.73. The predicted octanol–water partition coefficient (Wildman–Crippen LogP) is 1.50. The Morgan fingerprint density at radius 2 is 2.00 bits per heavy atom. The molecule has 9 heteroatoms. The van der Waals surface area contributed by atoms with Crippen LogP contribution in [0.5, 0.6) is 5.88 Å². The minimum Gasteiger partial charge on any atom is -0.473 e. The third-order valence-electron chi connectivity index (χ3n) is 4.10. The van der Waals surface area contributed by atoms with Gasteiger partial charge in [-0.1, -0.05) is 0 Å². The lowest BCUT2D eigenvalue weighted by Gasteiger charge is -2.31. The zero-order valence-electron chi connectivity index (χ0n) is 14.2. The summed E-state index contributed by atoms with van der Waals surface area (Å²) < 4.78 is 37.5. The van der Waals surface area contributed by atoms with Crippen molar-refractivity contribution in [2.75, 3.05) is 20.2 Å². The van der Waals surface area contributed by atoms with E-state index in [-0.39, 0.29) is 17.5 Å². The van der Waals surface area contributed by atoms with E-state index in [2.05, 4.69) is 14.7 Å². The first-order valence-electron chi connectivity index (χ1n) is 8.12. The van der Waals surface area contributed by atoms with Gasteiger partial charge < -0.3 is 9.47 Å². The van der Waals surface area contributed by atoms with Crippen LogP contribution in [0.1, 0.15) is 23.2 Å². The van der Waals surface area contributed by atoms with E-state index >= 15 is 0 Å². The monoisotopic (exact) mass is 377 g/mol. The first-order chi connectivity index (χ1) is 12.5. The lowest BCUT2D eigenvalue weighted by atomic mass is 10.1. The third kappa shape index (κ3) is 4.00. The zero-order valence-corrected chi connectivity index (χ0v) is 15.1. The van der Waals surface area contributed by atoms with E-state index < -0.39 is 16.0 Å². The van der Waals surface area contributed by atoms with Gasteiger partial charge in [-0.05, 0) is 37.1 Å². The summed E-state index contributed by atoms with van der Waals surface area (Å²) in [6, 6.07) is 7.35. The van der Waals surface area contributed by atoms with E-state index in [0.717, 1.165) is 6.42 Å². The SMILES string of the molecule is COC(=O)c1ccc(S(=O)(=O)N2CCC[C@@H](Oc3ccncn3)C2)cc1. The molecule has 0 unspecified atom stereocenters. The van der Waals surface area contributed by atoms with Gasteiger partial charge >= 0.3 is 5.97 Å². The van der Waals surface area contributed by atoms with Crippen molar-refractivity contribution in [2.24, 2.45) is 0 Å². The van der Waals surface area contributed by atoms with E-state index in [1.54, 1.807) is 12.3 Å². The molecule has 2 heterocycles. The molecule has 3 rings (SSSR count). The van der Waals surface area contributed by atoms with Crippen LogP contribution in [0.15, 0.2) is 47.8 Å². The Morgan fingerprint density at radius 3 is 2.65 bits per heavy atom. The van der Waals surface area contributed by atoms with Gasteiger partial charge in [-0.15, -0.1) is 0 Å². The number of nitrogens with zero attached hydrogens (tertiary/aromatic N) is 3. The van der Waals surface area contributed by atoms with Gasteiger partial charge in [0.1, 0.15) is 12.4 Å². The molecular weight excluding hydrogens is 358 g/mol. The molecule has 26 heavy (non-hydrogen) atoms. The lowest BCUT2D eigenvalue weighted by molar-refractivity contribution is 0.0600. The highest BCUT2D eigenvalue weighted by molar-refractivity contribution is 7.89. The molecule has 0 bridgehead atoms. The van der Waals surface area contributed by atoms with Crippen molar-refractivity contribution in [3.63, 3.8) is 0 Å². The number of carbonyl (C=O) groups is 1. The number of sulfonamides is 1. The summed E-state index contributed by atoms with van der Waals surface area (Å²) in [5.74, 6) is -0.0862. The molecule has 138 valence electrons. The fourth-order valence-corrected chi connectivity index (χ4v) is 4.28. The summed E-state index contributed by atoms with van der Waals surface area (Å²) in [5, 5.41) is 0. The molecule has 1 saturated heterocycles. The smallest absolute Gasteiger partial charge is 0.337 e. The van der Waals surface area contributed by atoms with Crippen molar-refractivity contribution in [2.45, 2.75) is 23.8 Å². The molecule has 0 radical (unpaired) electrons. The molecule has 1 aromatic carbocycles. The molecule has 1 atom stereocenters. The number of carbonyl (C=O) groups excluding carboxylic acids is 1. The second-order valence-corrected chi connectivity index (χ2v) is 7.75. The fourth-order valence-electron chi connectivity index (χ4n) is 2.77. The number of hydrogen-bond donors (Lipinski definition) is 0. The second-order valence-electron chi connectivity index (χ2n) is 5.81. The Hall–Kier alpha value is -2.52. The number of aromatic nitrogens is 2. The van der Waals surface area contributed by atoms with Gasteiger partial charge in [0.25, 0.3) is 0 Å². The first kappa shape index (κ1) is 18.3. The van der Waals surface area contributed by atoms with Gasteiger partial charge in [0.05, 0.1) is 24.1 Å². The van der Waals surface area contributed by atoms with Crippen molar-refractivity contribution >= 4 is 16.0 Å². The second kappa shape index (κ2) is 7.79. The van der Waals surface area contributed by atoms with Crippen LogP contribution < -0.4 is 4.74 Å². The summed E-state index contributed by atoms with van der Waals surface area (Å²) in [7, 11) is -2.39. The molecule has 1 aliphatic heterocycles. The lowest BCUT2D eigenvalue weighted by Crippen LogP contribution is -2.44. The summed E-state index contributed by atoms with van der Waals surface area (Å²) >= 11 is 0. The van der Waals surface area contributed by atoms with Crippen LogP contribution in [-0.2, 0) is 14.8 Å². The van der Waals surface area contributed by atoms with Gasteiger partial charge in [0.15, 0.2) is 0 Å². The number of rotatable bonds is 5. The molecule has 8 nitrogen and oxygen atoms in total. The van der Waals surface area contributed by atoms with Crippen LogP contribution >= 0.6 is 0 Å². The van der Waals surface area contributed by atoms with Crippen LogP contribution in [0.25, 0.3) is 0 Å². The fraction of sp³-hybridized carbons (Fsp3) is 0.353. The van der Waals surface area contributed by atoms with Crippen molar-refractivity contribution < 1.29 is 22.7 Å². The molecule has 0 aliphatic carbocycles. The maximum atomic E-state index is 12.9. The summed E-state index contributed by atoms with van der Waals surface area (Å²) in [6.45, 7) is 0.663. The van der Waals surface area contributed by atoms with Crippen molar-refractivity contribution in [1.29, 1.82) is 0 Å². The van der Waals surface area contributed by atoms with Crippen molar-refractivity contribution in [1.82, 2.24) is 14.3 Å². The van der Waals surface area contributed by atoms with Gasteiger partial charge in [-0.25, -0.2) is 23.2 Å². The number of ether oxygens (including phenoxy) is 2. The Bertz CT molecular complexity index is 856. The molecule has 0 N–H and O–H groups in total. The molecule has 0 spiro atoms. The van der Waals surface area contributed by atoms with Crippen molar-refractivity contribution in [3.05, 3.63) is 48.4 Å². The highest BCUT2D eigenvalue weighted by atomic mass is 32.2. The van der Waals surface area contributed by atoms with E-state index in [4.69, 9.17) is 4.74 Å². The quantitative estimate of drug-likeness (QED) is 0.728. The van der Waals surface area contributed by atoms with Gasteiger partial charge in [0.2, 0.25) is 15.9 Å². The molecule has 0 saturated carbocycles. The number of benzene rings is 1. The maximum Gasteiger partial charge on any atom is 0.337 e. The standard InChI is InChI=1S/C17H19N3O5S/c1-24-17(21)13-4-6-15(7-5-13)26(22,23)20-10-2-3-14(11-20)25-16-8-9-18-12-19-16/h4-9,12,14H,2-3,10-11H2,1H3/t14-/m1/s1. The summed E-state index contributed by atoms with van der Waals surface area (Å²) in [5.41, 5.74) is 0.301. The zero-order chi connectivity index (χ0) is 18.6. The van der Waals surface area contributed by atoms with E-state index in [9.17, 15) is 13.2 Å². The molecule has 1 fully saturated rings. The average Bonchev–Trinajstić information content (AvgIpc) is 2.68. The Morgan fingerprint density at radius 1 is 1.23 bits per heavy atom. The minimum atomic E-state index is -3.67. The van der Waals surface area contributed by atoms with Crippen LogP contribution in [0.2, 0.25) is 0 Å². The summed E-state index contributed by atoms with van der Waals surface area (Å²) in [6.07, 6.45) is 4.12. The van der Waals surface area contributed by atoms with Crippen LogP contribution in [0, 0.1) is 0 Å². The molecule has 0 amide bonds. The first-order valence-corrected chi connectivity index (χ1v) is 9.56. The van der Waals surface area contributed by atoms with Gasteiger partial charge in [-0.3, -0.25) is 0 Å². The molecule has 1 aromatic heterocycles. The Labute approximate surface area is 151 Å². The van der Waals surface area contributed by atoms with Crippen LogP contribution in [0.4, 0.5) is 0 Å². The topological polar surface area (TPSA) is 98.7 Å². The highest BCUT2D eigenvalue weighted by Crippen LogP contribution is 2.23. The third-order valence-corrected chi connectivity index (χ3v) is 5.98. The van der Waals surface area contributed by atoms with Crippen molar-refractivity contribution in [3.8, 4) is 5.88 Å². The minimum absolute atomic E-state index is 0.132. The number of hydrogen-bond acceptors (Lipinski definition) is 7. The van der Waals surface area contributed by atoms with Gasteiger partial charge in [0, 0.05) is 18.8 Å². The van der Waals surface area contributed by atoms with E-state index in [1.807, 2.05) is 0 Å². The summed E-state index contributed by atoms with van der Waals surface area (Å²) in [4.78, 5) is 19.5.